The van der Waals surface area contributed by atoms with Gasteiger partial charge >= 0.3 is 0 Å². The molecule has 2 N–H and O–H groups in total. The van der Waals surface area contributed by atoms with E-state index in [1.54, 1.807) is 12.2 Å². The quantitative estimate of drug-likeness (QED) is 0.243. The van der Waals surface area contributed by atoms with Crippen LogP contribution in [0, 0.1) is 0 Å². The van der Waals surface area contributed by atoms with Gasteiger partial charge in [-0.2, -0.15) is 0 Å². The van der Waals surface area contributed by atoms with Gasteiger partial charge in [0.15, 0.2) is 5.60 Å². The molecule has 0 aliphatic carbocycles. The summed E-state index contributed by atoms with van der Waals surface area (Å²) in [4.78, 5) is 4.21. The third-order valence-electron chi connectivity index (χ3n) is 1.68. The molecule has 0 unspecified atom stereocenters. The molecule has 0 aromatic heterocycles. The van der Waals surface area contributed by atoms with Crippen LogP contribution in [0.5, 0.6) is 0 Å². The molecule has 0 atom stereocenters. The van der Waals surface area contributed by atoms with E-state index in [-0.39, 0.29) is 13.2 Å². The van der Waals surface area contributed by atoms with E-state index < -0.39 is 12.2 Å². The van der Waals surface area contributed by atoms with Gasteiger partial charge in [-0.15, -0.1) is 13.2 Å². The standard InChI is InChI=1S/C10H18O5/c1-3-5-13-8-10(7-11,15-12)9-14-6-4-2/h3-4,11-12H,1-2,5-9H2. The van der Waals surface area contributed by atoms with Gasteiger partial charge in [0.25, 0.3) is 0 Å². The van der Waals surface area contributed by atoms with Crippen molar-refractivity contribution in [2.75, 3.05) is 33.0 Å². The Balaban J connectivity index is 4.03. The topological polar surface area (TPSA) is 68.2 Å². The first-order chi connectivity index (χ1) is 7.24. The minimum absolute atomic E-state index is 0.0170. The smallest absolute Gasteiger partial charge is 0.172 e. The van der Waals surface area contributed by atoms with Gasteiger partial charge in [0.2, 0.25) is 0 Å². The molecule has 0 aromatic carbocycles. The molecule has 0 aromatic rings. The van der Waals surface area contributed by atoms with E-state index in [1.165, 1.54) is 0 Å². The van der Waals surface area contributed by atoms with Crippen LogP contribution in [0.2, 0.25) is 0 Å². The highest BCUT2D eigenvalue weighted by Gasteiger charge is 2.32. The Morgan fingerprint density at radius 3 is 1.80 bits per heavy atom. The molecule has 0 amide bonds. The van der Waals surface area contributed by atoms with Gasteiger partial charge in [-0.25, -0.2) is 4.89 Å². The molecule has 0 fully saturated rings. The molecule has 88 valence electrons. The summed E-state index contributed by atoms with van der Waals surface area (Å²) < 4.78 is 10.2. The van der Waals surface area contributed by atoms with E-state index in [0.717, 1.165) is 0 Å². The summed E-state index contributed by atoms with van der Waals surface area (Å²) in [6.45, 7) is 7.20. The second-order valence-corrected chi connectivity index (χ2v) is 3.04. The lowest BCUT2D eigenvalue weighted by Crippen LogP contribution is -2.45. The molecule has 0 rings (SSSR count). The lowest BCUT2D eigenvalue weighted by atomic mass is 10.1. The van der Waals surface area contributed by atoms with Gasteiger partial charge in [0.1, 0.15) is 0 Å². The van der Waals surface area contributed by atoms with Crippen molar-refractivity contribution in [3.63, 3.8) is 0 Å². The Morgan fingerprint density at radius 1 is 1.07 bits per heavy atom. The van der Waals surface area contributed by atoms with Crippen molar-refractivity contribution in [2.45, 2.75) is 5.60 Å². The van der Waals surface area contributed by atoms with Crippen LogP contribution in [0.1, 0.15) is 0 Å². The molecule has 0 aliphatic heterocycles. The first-order valence-corrected chi connectivity index (χ1v) is 4.55. The van der Waals surface area contributed by atoms with Crippen molar-refractivity contribution in [2.24, 2.45) is 0 Å². The summed E-state index contributed by atoms with van der Waals surface area (Å²) in [5, 5.41) is 17.8. The fourth-order valence-corrected chi connectivity index (χ4v) is 0.871. The number of ether oxygens (including phenoxy) is 2. The Labute approximate surface area is 89.5 Å². The average molecular weight is 218 g/mol. The van der Waals surface area contributed by atoms with Gasteiger partial charge in [-0.1, -0.05) is 12.2 Å². The number of aliphatic hydroxyl groups excluding tert-OH is 1. The normalized spacial score (nSPS) is 11.3. The first kappa shape index (κ1) is 14.3. The van der Waals surface area contributed by atoms with E-state index >= 15 is 0 Å². The lowest BCUT2D eigenvalue weighted by molar-refractivity contribution is -0.349. The van der Waals surface area contributed by atoms with Crippen molar-refractivity contribution in [3.8, 4) is 0 Å². The molecular weight excluding hydrogens is 200 g/mol. The Hall–Kier alpha value is -0.720. The predicted molar refractivity (Wildman–Crippen MR) is 55.6 cm³/mol. The fourth-order valence-electron chi connectivity index (χ4n) is 0.871. The number of hydrogen-bond donors (Lipinski definition) is 2. The van der Waals surface area contributed by atoms with E-state index in [9.17, 15) is 0 Å². The Morgan fingerprint density at radius 2 is 1.53 bits per heavy atom. The van der Waals surface area contributed by atoms with Gasteiger partial charge in [-0.05, 0) is 0 Å². The molecule has 15 heavy (non-hydrogen) atoms. The highest BCUT2D eigenvalue weighted by molar-refractivity contribution is 4.80. The fraction of sp³-hybridized carbons (Fsp3) is 0.600. The summed E-state index contributed by atoms with van der Waals surface area (Å²) in [6.07, 6.45) is 3.12. The highest BCUT2D eigenvalue weighted by atomic mass is 17.1. The highest BCUT2D eigenvalue weighted by Crippen LogP contribution is 2.10. The van der Waals surface area contributed by atoms with Crippen LogP contribution in [0.3, 0.4) is 0 Å². The van der Waals surface area contributed by atoms with Crippen LogP contribution in [0.15, 0.2) is 25.3 Å². The summed E-state index contributed by atoms with van der Waals surface area (Å²) in [5.41, 5.74) is -1.24. The van der Waals surface area contributed by atoms with E-state index in [4.69, 9.17) is 19.8 Å². The number of aliphatic hydroxyl groups is 1. The van der Waals surface area contributed by atoms with Gasteiger partial charge in [0, 0.05) is 0 Å². The molecule has 0 saturated heterocycles. The van der Waals surface area contributed by atoms with Crippen molar-refractivity contribution in [1.29, 1.82) is 0 Å². The maximum Gasteiger partial charge on any atom is 0.172 e. The second kappa shape index (κ2) is 8.58. The maximum atomic E-state index is 9.08. The number of rotatable bonds is 10. The minimum atomic E-state index is -1.24. The molecule has 0 radical (unpaired) electrons. The average Bonchev–Trinajstić information content (AvgIpc) is 2.28. The molecule has 5 heteroatoms. The molecule has 0 bridgehead atoms. The molecule has 0 heterocycles. The Bertz CT molecular complexity index is 161. The third-order valence-corrected chi connectivity index (χ3v) is 1.68. The van der Waals surface area contributed by atoms with E-state index in [2.05, 4.69) is 18.0 Å². The van der Waals surface area contributed by atoms with E-state index in [0.29, 0.717) is 13.2 Å². The van der Waals surface area contributed by atoms with Gasteiger partial charge in [-0.3, -0.25) is 5.26 Å². The largest absolute Gasteiger partial charge is 0.393 e. The van der Waals surface area contributed by atoms with Crippen LogP contribution in [-0.2, 0) is 14.4 Å². The summed E-state index contributed by atoms with van der Waals surface area (Å²) >= 11 is 0. The van der Waals surface area contributed by atoms with Crippen LogP contribution < -0.4 is 0 Å². The summed E-state index contributed by atoms with van der Waals surface area (Å²) in [6, 6.07) is 0. The zero-order valence-electron chi connectivity index (χ0n) is 8.72. The van der Waals surface area contributed by atoms with Crippen LogP contribution >= 0.6 is 0 Å². The monoisotopic (exact) mass is 218 g/mol. The summed E-state index contributed by atoms with van der Waals surface area (Å²) in [7, 11) is 0. The zero-order chi connectivity index (χ0) is 11.6. The second-order valence-electron chi connectivity index (χ2n) is 3.04. The van der Waals surface area contributed by atoms with Crippen molar-refractivity contribution < 1.29 is 24.7 Å². The zero-order valence-corrected chi connectivity index (χ0v) is 8.72. The minimum Gasteiger partial charge on any atom is -0.393 e. The van der Waals surface area contributed by atoms with Crippen molar-refractivity contribution in [1.82, 2.24) is 0 Å². The maximum absolute atomic E-state index is 9.08. The van der Waals surface area contributed by atoms with Crippen molar-refractivity contribution in [3.05, 3.63) is 25.3 Å². The molecule has 0 spiro atoms. The van der Waals surface area contributed by atoms with Gasteiger partial charge < -0.3 is 14.6 Å². The van der Waals surface area contributed by atoms with Crippen molar-refractivity contribution >= 4 is 0 Å². The third kappa shape index (κ3) is 5.66. The lowest BCUT2D eigenvalue weighted by Gasteiger charge is -2.27. The SMILES string of the molecule is C=CCOCC(CO)(COCC=C)OO. The van der Waals surface area contributed by atoms with Crippen LogP contribution in [0.4, 0.5) is 0 Å². The Kier molecular flexibility index (Phi) is 8.17. The van der Waals surface area contributed by atoms with Crippen LogP contribution in [0.25, 0.3) is 0 Å². The summed E-state index contributed by atoms with van der Waals surface area (Å²) in [5.74, 6) is 0. The predicted octanol–water partition coefficient (Wildman–Crippen LogP) is 0.612. The van der Waals surface area contributed by atoms with Gasteiger partial charge in [0.05, 0.1) is 33.0 Å². The molecule has 5 nitrogen and oxygen atoms in total. The van der Waals surface area contributed by atoms with E-state index in [1.807, 2.05) is 0 Å². The molecular formula is C10H18O5. The van der Waals surface area contributed by atoms with Crippen LogP contribution in [-0.4, -0.2) is 49.0 Å². The number of hydrogen-bond acceptors (Lipinski definition) is 5. The molecule has 0 aliphatic rings. The first-order valence-electron chi connectivity index (χ1n) is 4.55. The molecule has 0 saturated carbocycles.